The van der Waals surface area contributed by atoms with Crippen molar-refractivity contribution in [2.75, 3.05) is 6.54 Å². The third-order valence-electron chi connectivity index (χ3n) is 5.63. The third-order valence-corrected chi connectivity index (χ3v) is 5.63. The van der Waals surface area contributed by atoms with Crippen molar-refractivity contribution in [1.82, 2.24) is 24.4 Å². The topological polar surface area (TPSA) is 66.8 Å². The van der Waals surface area contributed by atoms with Crippen LogP contribution in [0.1, 0.15) is 67.4 Å². The molecule has 25 heavy (non-hydrogen) atoms. The van der Waals surface area contributed by atoms with Gasteiger partial charge in [-0.1, -0.05) is 6.92 Å². The summed E-state index contributed by atoms with van der Waals surface area (Å²) in [6.07, 6.45) is 7.87. The molecule has 0 amide bonds. The van der Waals surface area contributed by atoms with Gasteiger partial charge in [0.25, 0.3) is 5.56 Å². The molecule has 0 bridgehead atoms. The van der Waals surface area contributed by atoms with Crippen LogP contribution < -0.4 is 5.56 Å². The van der Waals surface area contributed by atoms with Crippen molar-refractivity contribution >= 4 is 0 Å². The van der Waals surface area contributed by atoms with Gasteiger partial charge >= 0.3 is 0 Å². The minimum Gasteiger partial charge on any atom is -0.334 e. The molecule has 2 aromatic rings. The highest BCUT2D eigenvalue weighted by molar-refractivity contribution is 5.22. The Balaban J connectivity index is 1.60. The monoisotopic (exact) mass is 341 g/mol. The van der Waals surface area contributed by atoms with Crippen LogP contribution in [0.5, 0.6) is 0 Å². The van der Waals surface area contributed by atoms with Gasteiger partial charge in [0.15, 0.2) is 0 Å². The lowest BCUT2D eigenvalue weighted by molar-refractivity contribution is 0.230. The van der Waals surface area contributed by atoms with Gasteiger partial charge in [-0.25, -0.2) is 9.97 Å². The number of H-pyrrole nitrogens is 1. The van der Waals surface area contributed by atoms with E-state index >= 15 is 0 Å². The summed E-state index contributed by atoms with van der Waals surface area (Å²) >= 11 is 0. The number of hydrogen-bond donors (Lipinski definition) is 1. The zero-order valence-corrected chi connectivity index (χ0v) is 15.2. The number of nitrogens with one attached hydrogen (secondary N) is 1. The normalized spacial score (nSPS) is 20.8. The number of fused-ring (bicyclic) bond motifs is 1. The molecule has 1 fully saturated rings. The molecular formula is C19H27N5O. The Morgan fingerprint density at radius 1 is 1.24 bits per heavy atom. The predicted molar refractivity (Wildman–Crippen MR) is 96.5 cm³/mol. The first-order valence-corrected chi connectivity index (χ1v) is 9.53. The molecule has 2 aromatic heterocycles. The SMILES string of the molecule is CCc1cc(=O)[nH]c(CN2CCCC2c2nc3c(n2C)CCCC3)n1. The lowest BCUT2D eigenvalue weighted by Gasteiger charge is -2.24. The van der Waals surface area contributed by atoms with Crippen LogP contribution >= 0.6 is 0 Å². The summed E-state index contributed by atoms with van der Waals surface area (Å²) in [6.45, 7) is 3.75. The molecule has 1 N–H and O–H groups in total. The highest BCUT2D eigenvalue weighted by atomic mass is 16.1. The maximum absolute atomic E-state index is 11.9. The van der Waals surface area contributed by atoms with Crippen LogP contribution in [-0.4, -0.2) is 31.0 Å². The number of likely N-dealkylation sites (tertiary alicyclic amines) is 1. The minimum atomic E-state index is -0.0509. The molecule has 4 rings (SSSR count). The molecule has 6 heteroatoms. The van der Waals surface area contributed by atoms with Crippen molar-refractivity contribution in [3.05, 3.63) is 45.2 Å². The largest absolute Gasteiger partial charge is 0.334 e. The second-order valence-electron chi connectivity index (χ2n) is 7.29. The molecular weight excluding hydrogens is 314 g/mol. The molecule has 0 aromatic carbocycles. The molecule has 1 aliphatic heterocycles. The van der Waals surface area contributed by atoms with Crippen molar-refractivity contribution in [1.29, 1.82) is 0 Å². The maximum atomic E-state index is 11.9. The Bertz CT molecular complexity index is 822. The van der Waals surface area contributed by atoms with Gasteiger partial charge in [0, 0.05) is 24.5 Å². The molecule has 2 aliphatic rings. The van der Waals surface area contributed by atoms with E-state index < -0.39 is 0 Å². The first kappa shape index (κ1) is 16.5. The number of imidazole rings is 1. The first-order chi connectivity index (χ1) is 12.2. The number of rotatable bonds is 4. The van der Waals surface area contributed by atoms with Gasteiger partial charge in [0.1, 0.15) is 11.6 Å². The Morgan fingerprint density at radius 2 is 2.08 bits per heavy atom. The van der Waals surface area contributed by atoms with Crippen LogP contribution in [0.25, 0.3) is 0 Å². The Morgan fingerprint density at radius 3 is 2.88 bits per heavy atom. The van der Waals surface area contributed by atoms with Crippen molar-refractivity contribution in [3.63, 3.8) is 0 Å². The van der Waals surface area contributed by atoms with Crippen LogP contribution in [0.2, 0.25) is 0 Å². The average Bonchev–Trinajstić information content (AvgIpc) is 3.19. The van der Waals surface area contributed by atoms with Gasteiger partial charge in [-0.05, 0) is 51.5 Å². The van der Waals surface area contributed by atoms with E-state index in [1.54, 1.807) is 6.07 Å². The quantitative estimate of drug-likeness (QED) is 0.926. The van der Waals surface area contributed by atoms with Gasteiger partial charge in [0.2, 0.25) is 0 Å². The van der Waals surface area contributed by atoms with E-state index in [1.807, 2.05) is 6.92 Å². The molecule has 1 saturated heterocycles. The van der Waals surface area contributed by atoms with Gasteiger partial charge in [0.05, 0.1) is 18.3 Å². The van der Waals surface area contributed by atoms with Crippen molar-refractivity contribution in [2.24, 2.45) is 7.05 Å². The van der Waals surface area contributed by atoms with E-state index in [0.29, 0.717) is 12.6 Å². The highest BCUT2D eigenvalue weighted by Gasteiger charge is 2.31. The Labute approximate surface area is 148 Å². The molecule has 1 atom stereocenters. The van der Waals surface area contributed by atoms with Gasteiger partial charge < -0.3 is 9.55 Å². The van der Waals surface area contributed by atoms with Gasteiger partial charge in [-0.3, -0.25) is 9.69 Å². The Kier molecular flexibility index (Phi) is 4.46. The lowest BCUT2D eigenvalue weighted by Crippen LogP contribution is -2.27. The average molecular weight is 341 g/mol. The summed E-state index contributed by atoms with van der Waals surface area (Å²) in [5.74, 6) is 1.97. The molecule has 0 saturated carbocycles. The fourth-order valence-corrected chi connectivity index (χ4v) is 4.32. The Hall–Kier alpha value is -1.95. The second-order valence-corrected chi connectivity index (χ2v) is 7.29. The van der Waals surface area contributed by atoms with Crippen molar-refractivity contribution in [2.45, 2.75) is 64.5 Å². The van der Waals surface area contributed by atoms with Crippen LogP contribution in [0.4, 0.5) is 0 Å². The number of nitrogens with zero attached hydrogens (tertiary/aromatic N) is 4. The van der Waals surface area contributed by atoms with E-state index in [4.69, 9.17) is 4.98 Å². The van der Waals surface area contributed by atoms with E-state index in [9.17, 15) is 4.79 Å². The van der Waals surface area contributed by atoms with E-state index in [1.165, 1.54) is 36.5 Å². The standard InChI is InChI=1S/C19H27N5O/c1-3-13-11-18(25)22-17(20-13)12-24-10-6-9-16(24)19-21-14-7-4-5-8-15(14)23(19)2/h11,16H,3-10,12H2,1-2H3,(H,20,22,25). The fraction of sp³-hybridized carbons (Fsp3) is 0.632. The highest BCUT2D eigenvalue weighted by Crippen LogP contribution is 2.34. The third kappa shape index (κ3) is 3.15. The minimum absolute atomic E-state index is 0.0509. The predicted octanol–water partition coefficient (Wildman–Crippen LogP) is 2.28. The number of aromatic nitrogens is 4. The summed E-state index contributed by atoms with van der Waals surface area (Å²) in [4.78, 5) is 26.8. The summed E-state index contributed by atoms with van der Waals surface area (Å²) < 4.78 is 2.33. The van der Waals surface area contributed by atoms with Crippen LogP contribution in [-0.2, 0) is 32.9 Å². The zero-order valence-electron chi connectivity index (χ0n) is 15.2. The number of aromatic amines is 1. The van der Waals surface area contributed by atoms with Crippen molar-refractivity contribution < 1.29 is 0 Å². The summed E-state index contributed by atoms with van der Waals surface area (Å²) in [6, 6.07) is 1.92. The van der Waals surface area contributed by atoms with E-state index in [0.717, 1.165) is 43.7 Å². The smallest absolute Gasteiger partial charge is 0.251 e. The van der Waals surface area contributed by atoms with Crippen LogP contribution in [0.15, 0.2) is 10.9 Å². The van der Waals surface area contributed by atoms with Gasteiger partial charge in [-0.15, -0.1) is 0 Å². The summed E-state index contributed by atoms with van der Waals surface area (Å²) in [5.41, 5.74) is 3.54. The molecule has 6 nitrogen and oxygen atoms in total. The zero-order chi connectivity index (χ0) is 17.4. The molecule has 134 valence electrons. The number of hydrogen-bond acceptors (Lipinski definition) is 4. The van der Waals surface area contributed by atoms with Gasteiger partial charge in [-0.2, -0.15) is 0 Å². The molecule has 1 unspecified atom stereocenters. The maximum Gasteiger partial charge on any atom is 0.251 e. The summed E-state index contributed by atoms with van der Waals surface area (Å²) in [5, 5.41) is 0. The first-order valence-electron chi connectivity index (χ1n) is 9.53. The van der Waals surface area contributed by atoms with Crippen molar-refractivity contribution in [3.8, 4) is 0 Å². The van der Waals surface area contributed by atoms with Crippen LogP contribution in [0.3, 0.4) is 0 Å². The second kappa shape index (κ2) is 6.75. The lowest BCUT2D eigenvalue weighted by atomic mass is 10.0. The fourth-order valence-electron chi connectivity index (χ4n) is 4.32. The molecule has 0 radical (unpaired) electrons. The van der Waals surface area contributed by atoms with Crippen LogP contribution in [0, 0.1) is 0 Å². The van der Waals surface area contributed by atoms with E-state index in [2.05, 4.69) is 26.5 Å². The molecule has 3 heterocycles. The molecule has 0 spiro atoms. The summed E-state index contributed by atoms with van der Waals surface area (Å²) in [7, 11) is 2.17. The van der Waals surface area contributed by atoms with E-state index in [-0.39, 0.29) is 5.56 Å². The number of aryl methyl sites for hydroxylation is 2. The molecule has 1 aliphatic carbocycles.